The second-order valence-corrected chi connectivity index (χ2v) is 8.53. The highest BCUT2D eigenvalue weighted by Crippen LogP contribution is 2.29. The number of aromatic nitrogens is 2. The molecule has 2 amide bonds. The molecule has 2 heterocycles. The van der Waals surface area contributed by atoms with Gasteiger partial charge < -0.3 is 10.2 Å². The van der Waals surface area contributed by atoms with E-state index in [1.807, 2.05) is 60.4 Å². The smallest absolute Gasteiger partial charge is 0.254 e. The average molecular weight is 443 g/mol. The quantitative estimate of drug-likeness (QED) is 0.605. The number of carbonyl (C=O) groups is 2. The Kier molecular flexibility index (Phi) is 7.45. The molecule has 4 rings (SSSR count). The molecule has 2 aromatic carbocycles. The number of benzene rings is 2. The molecule has 0 spiro atoms. The zero-order valence-corrected chi connectivity index (χ0v) is 19.0. The normalized spacial score (nSPS) is 14.2. The lowest BCUT2D eigenvalue weighted by Gasteiger charge is -2.32. The van der Waals surface area contributed by atoms with Crippen LogP contribution < -0.4 is 5.32 Å². The Hall–Kier alpha value is -3.54. The van der Waals surface area contributed by atoms with Crippen LogP contribution in [0.25, 0.3) is 0 Å². The van der Waals surface area contributed by atoms with Crippen molar-refractivity contribution in [2.24, 2.45) is 0 Å². The maximum atomic E-state index is 12.9. The summed E-state index contributed by atoms with van der Waals surface area (Å²) in [6, 6.07) is 19.9. The van der Waals surface area contributed by atoms with Crippen LogP contribution in [-0.2, 0) is 17.6 Å². The van der Waals surface area contributed by atoms with Gasteiger partial charge in [0, 0.05) is 31.7 Å². The second kappa shape index (κ2) is 10.9. The monoisotopic (exact) mass is 442 g/mol. The van der Waals surface area contributed by atoms with Gasteiger partial charge in [-0.3, -0.25) is 9.59 Å². The van der Waals surface area contributed by atoms with Gasteiger partial charge in [-0.2, -0.15) is 0 Å². The topological polar surface area (TPSA) is 75.2 Å². The van der Waals surface area contributed by atoms with Crippen molar-refractivity contribution < 1.29 is 9.59 Å². The van der Waals surface area contributed by atoms with E-state index in [1.165, 1.54) is 5.56 Å². The molecule has 170 valence electrons. The number of nitrogens with zero attached hydrogens (tertiary/aromatic N) is 3. The lowest BCUT2D eigenvalue weighted by atomic mass is 9.90. The van der Waals surface area contributed by atoms with Gasteiger partial charge in [0.2, 0.25) is 5.91 Å². The Morgan fingerprint density at radius 2 is 1.61 bits per heavy atom. The second-order valence-electron chi connectivity index (χ2n) is 8.53. The van der Waals surface area contributed by atoms with Gasteiger partial charge in [-0.25, -0.2) is 9.97 Å². The van der Waals surface area contributed by atoms with Gasteiger partial charge in [-0.05, 0) is 37.3 Å². The summed E-state index contributed by atoms with van der Waals surface area (Å²) >= 11 is 0. The van der Waals surface area contributed by atoms with Gasteiger partial charge in [0.15, 0.2) is 0 Å². The maximum absolute atomic E-state index is 12.9. The standard InChI is InChI=1S/C27H30N4O2/c1-20-29-19-24(27(33)28-15-12-21-8-4-2-5-9-21)26(30-20)23-13-16-31(17-14-23)25(32)18-22-10-6-3-7-11-22/h2-11,19,23H,12-18H2,1H3,(H,28,33). The summed E-state index contributed by atoms with van der Waals surface area (Å²) < 4.78 is 0. The van der Waals surface area contributed by atoms with Crippen LogP contribution >= 0.6 is 0 Å². The molecule has 1 fully saturated rings. The minimum absolute atomic E-state index is 0.136. The molecule has 0 aliphatic carbocycles. The Bertz CT molecular complexity index is 1080. The van der Waals surface area contributed by atoms with Crippen LogP contribution in [-0.4, -0.2) is 46.3 Å². The molecule has 1 aliphatic heterocycles. The zero-order valence-electron chi connectivity index (χ0n) is 19.0. The van der Waals surface area contributed by atoms with Crippen molar-refractivity contribution in [3.8, 4) is 0 Å². The molecule has 3 aromatic rings. The van der Waals surface area contributed by atoms with Crippen molar-refractivity contribution >= 4 is 11.8 Å². The summed E-state index contributed by atoms with van der Waals surface area (Å²) in [6.45, 7) is 3.75. The molecule has 6 heteroatoms. The third-order valence-electron chi connectivity index (χ3n) is 6.16. The SMILES string of the molecule is Cc1ncc(C(=O)NCCc2ccccc2)c(C2CCN(C(=O)Cc3ccccc3)CC2)n1. The third kappa shape index (κ3) is 6.04. The Balaban J connectivity index is 1.36. The van der Waals surface area contributed by atoms with Crippen molar-refractivity contribution in [3.05, 3.63) is 95.1 Å². The Morgan fingerprint density at radius 3 is 2.27 bits per heavy atom. The van der Waals surface area contributed by atoms with Crippen LogP contribution in [0.1, 0.15) is 51.8 Å². The minimum Gasteiger partial charge on any atom is -0.352 e. The molecule has 33 heavy (non-hydrogen) atoms. The fourth-order valence-electron chi connectivity index (χ4n) is 4.32. The van der Waals surface area contributed by atoms with Crippen LogP contribution in [0.3, 0.4) is 0 Å². The molecular formula is C27H30N4O2. The molecular weight excluding hydrogens is 412 g/mol. The number of hydrogen-bond donors (Lipinski definition) is 1. The van der Waals surface area contributed by atoms with E-state index in [1.54, 1.807) is 6.20 Å². The van der Waals surface area contributed by atoms with Gasteiger partial charge in [0.1, 0.15) is 5.82 Å². The van der Waals surface area contributed by atoms with E-state index >= 15 is 0 Å². The van der Waals surface area contributed by atoms with Crippen LogP contribution in [0.15, 0.2) is 66.9 Å². The number of nitrogens with one attached hydrogen (secondary N) is 1. The number of hydrogen-bond acceptors (Lipinski definition) is 4. The molecule has 0 bridgehead atoms. The van der Waals surface area contributed by atoms with Gasteiger partial charge in [-0.15, -0.1) is 0 Å². The molecule has 0 saturated carbocycles. The van der Waals surface area contributed by atoms with Crippen LogP contribution in [0.2, 0.25) is 0 Å². The van der Waals surface area contributed by atoms with Gasteiger partial charge in [-0.1, -0.05) is 60.7 Å². The predicted molar refractivity (Wildman–Crippen MR) is 128 cm³/mol. The van der Waals surface area contributed by atoms with Gasteiger partial charge >= 0.3 is 0 Å². The van der Waals surface area contributed by atoms with E-state index in [0.29, 0.717) is 37.4 Å². The molecule has 6 nitrogen and oxygen atoms in total. The summed E-state index contributed by atoms with van der Waals surface area (Å²) in [5.74, 6) is 0.816. The number of likely N-dealkylation sites (tertiary alicyclic amines) is 1. The first-order valence-electron chi connectivity index (χ1n) is 11.6. The van der Waals surface area contributed by atoms with E-state index in [0.717, 1.165) is 30.5 Å². The van der Waals surface area contributed by atoms with Crippen molar-refractivity contribution in [1.82, 2.24) is 20.2 Å². The van der Waals surface area contributed by atoms with Crippen molar-refractivity contribution in [3.63, 3.8) is 0 Å². The molecule has 1 N–H and O–H groups in total. The number of aryl methyl sites for hydroxylation is 1. The first-order valence-corrected chi connectivity index (χ1v) is 11.6. The number of carbonyl (C=O) groups excluding carboxylic acids is 2. The van der Waals surface area contributed by atoms with Crippen molar-refractivity contribution in [1.29, 1.82) is 0 Å². The molecule has 0 radical (unpaired) electrons. The summed E-state index contributed by atoms with van der Waals surface area (Å²) in [7, 11) is 0. The van der Waals surface area contributed by atoms with E-state index in [2.05, 4.69) is 27.4 Å². The third-order valence-corrected chi connectivity index (χ3v) is 6.16. The highest BCUT2D eigenvalue weighted by atomic mass is 16.2. The molecule has 1 saturated heterocycles. The highest BCUT2D eigenvalue weighted by Gasteiger charge is 2.28. The predicted octanol–water partition coefficient (Wildman–Crippen LogP) is 3.71. The largest absolute Gasteiger partial charge is 0.352 e. The number of piperidine rings is 1. The fraction of sp³-hybridized carbons (Fsp3) is 0.333. The van der Waals surface area contributed by atoms with Crippen molar-refractivity contribution in [2.45, 2.75) is 38.5 Å². The van der Waals surface area contributed by atoms with Crippen LogP contribution in [0, 0.1) is 6.92 Å². The Morgan fingerprint density at radius 1 is 0.970 bits per heavy atom. The van der Waals surface area contributed by atoms with E-state index in [9.17, 15) is 9.59 Å². The maximum Gasteiger partial charge on any atom is 0.254 e. The molecule has 1 aliphatic rings. The molecule has 0 atom stereocenters. The highest BCUT2D eigenvalue weighted by molar-refractivity contribution is 5.95. The fourth-order valence-corrected chi connectivity index (χ4v) is 4.32. The zero-order chi connectivity index (χ0) is 23.0. The van der Waals surface area contributed by atoms with Crippen molar-refractivity contribution in [2.75, 3.05) is 19.6 Å². The van der Waals surface area contributed by atoms with E-state index < -0.39 is 0 Å². The van der Waals surface area contributed by atoms with E-state index in [-0.39, 0.29) is 17.7 Å². The molecule has 1 aromatic heterocycles. The van der Waals surface area contributed by atoms with E-state index in [4.69, 9.17) is 0 Å². The van der Waals surface area contributed by atoms with Gasteiger partial charge in [0.05, 0.1) is 17.7 Å². The average Bonchev–Trinajstić information content (AvgIpc) is 2.85. The lowest BCUT2D eigenvalue weighted by Crippen LogP contribution is -2.39. The lowest BCUT2D eigenvalue weighted by molar-refractivity contribution is -0.131. The Labute approximate surface area is 195 Å². The number of amides is 2. The minimum atomic E-state index is -0.136. The van der Waals surface area contributed by atoms with Crippen LogP contribution in [0.4, 0.5) is 0 Å². The number of rotatable bonds is 7. The summed E-state index contributed by atoms with van der Waals surface area (Å²) in [6.07, 6.45) is 4.43. The van der Waals surface area contributed by atoms with Gasteiger partial charge in [0.25, 0.3) is 5.91 Å². The summed E-state index contributed by atoms with van der Waals surface area (Å²) in [4.78, 5) is 36.5. The van der Waals surface area contributed by atoms with Crippen LogP contribution in [0.5, 0.6) is 0 Å². The summed E-state index contributed by atoms with van der Waals surface area (Å²) in [5, 5.41) is 3.02. The first kappa shape index (κ1) is 22.6. The molecule has 0 unspecified atom stereocenters. The first-order chi connectivity index (χ1) is 16.1. The summed E-state index contributed by atoms with van der Waals surface area (Å²) in [5.41, 5.74) is 3.56.